The Balaban J connectivity index is 1.66. The molecule has 2 aromatic rings. The molecule has 0 unspecified atom stereocenters. The minimum absolute atomic E-state index is 0.0375. The highest BCUT2D eigenvalue weighted by atomic mass is 16.5. The summed E-state index contributed by atoms with van der Waals surface area (Å²) in [4.78, 5) is 27.0. The van der Waals surface area contributed by atoms with E-state index in [1.54, 1.807) is 30.3 Å². The molecule has 3 rings (SSSR count). The van der Waals surface area contributed by atoms with E-state index in [4.69, 9.17) is 4.74 Å². The zero-order chi connectivity index (χ0) is 19.2. The molecule has 1 N–H and O–H groups in total. The highest BCUT2D eigenvalue weighted by Crippen LogP contribution is 2.24. The first-order valence-corrected chi connectivity index (χ1v) is 9.51. The minimum Gasteiger partial charge on any atom is -0.492 e. The number of para-hydroxylation sites is 2. The van der Waals surface area contributed by atoms with Gasteiger partial charge in [-0.1, -0.05) is 19.1 Å². The Labute approximate surface area is 160 Å². The van der Waals surface area contributed by atoms with E-state index < -0.39 is 0 Å². The fraction of sp³-hybridized carbons (Fsp3) is 0.364. The van der Waals surface area contributed by atoms with E-state index in [1.165, 1.54) is 0 Å². The van der Waals surface area contributed by atoms with Gasteiger partial charge in [0.15, 0.2) is 0 Å². The summed E-state index contributed by atoms with van der Waals surface area (Å²) in [5.41, 5.74) is 1.76. The average Bonchev–Trinajstić information content (AvgIpc) is 2.70. The summed E-state index contributed by atoms with van der Waals surface area (Å²) < 4.78 is 5.53. The number of benzene rings is 2. The van der Waals surface area contributed by atoms with Gasteiger partial charge in [0.1, 0.15) is 5.75 Å². The number of nitrogens with one attached hydrogen (secondary N) is 1. The molecule has 0 radical (unpaired) electrons. The monoisotopic (exact) mass is 366 g/mol. The zero-order valence-corrected chi connectivity index (χ0v) is 15.9. The van der Waals surface area contributed by atoms with E-state index in [-0.39, 0.29) is 11.8 Å². The van der Waals surface area contributed by atoms with Crippen LogP contribution in [-0.2, 0) is 0 Å². The Kier molecular flexibility index (Phi) is 6.12. The number of ether oxygens (including phenoxy) is 1. The summed E-state index contributed by atoms with van der Waals surface area (Å²) in [5, 5.41) is 2.87. The number of carbonyl (C=O) groups excluding carboxylic acids is 2. The average molecular weight is 366 g/mol. The van der Waals surface area contributed by atoms with Crippen molar-refractivity contribution in [3.05, 3.63) is 59.7 Å². The van der Waals surface area contributed by atoms with Gasteiger partial charge in [0, 0.05) is 24.2 Å². The van der Waals surface area contributed by atoms with Gasteiger partial charge in [-0.15, -0.1) is 0 Å². The molecular weight excluding hydrogens is 340 g/mol. The smallest absolute Gasteiger partial charge is 0.255 e. The lowest BCUT2D eigenvalue weighted by atomic mass is 9.98. The number of piperidine rings is 1. The summed E-state index contributed by atoms with van der Waals surface area (Å²) in [6, 6.07) is 14.2. The Morgan fingerprint density at radius 1 is 1.04 bits per heavy atom. The number of likely N-dealkylation sites (tertiary alicyclic amines) is 1. The number of carbonyl (C=O) groups is 2. The van der Waals surface area contributed by atoms with Gasteiger partial charge < -0.3 is 15.0 Å². The Morgan fingerprint density at radius 2 is 1.67 bits per heavy atom. The van der Waals surface area contributed by atoms with Crippen molar-refractivity contribution in [3.8, 4) is 5.75 Å². The number of rotatable bonds is 5. The molecule has 1 fully saturated rings. The number of hydrogen-bond donors (Lipinski definition) is 1. The maximum Gasteiger partial charge on any atom is 0.255 e. The molecule has 5 heteroatoms. The van der Waals surface area contributed by atoms with Crippen LogP contribution in [0.25, 0.3) is 0 Å². The molecule has 1 aliphatic rings. The predicted molar refractivity (Wildman–Crippen MR) is 106 cm³/mol. The van der Waals surface area contributed by atoms with E-state index in [1.807, 2.05) is 30.0 Å². The van der Waals surface area contributed by atoms with Crippen molar-refractivity contribution in [2.75, 3.05) is 25.0 Å². The lowest BCUT2D eigenvalue weighted by Gasteiger charge is -2.30. The van der Waals surface area contributed by atoms with Crippen molar-refractivity contribution in [2.24, 2.45) is 5.92 Å². The summed E-state index contributed by atoms with van der Waals surface area (Å²) in [5.74, 6) is 1.13. The highest BCUT2D eigenvalue weighted by Gasteiger charge is 2.21. The molecule has 0 atom stereocenters. The van der Waals surface area contributed by atoms with Crippen LogP contribution in [0.5, 0.6) is 5.75 Å². The van der Waals surface area contributed by atoms with Crippen LogP contribution in [0.3, 0.4) is 0 Å². The lowest BCUT2D eigenvalue weighted by Crippen LogP contribution is -2.37. The van der Waals surface area contributed by atoms with Crippen LogP contribution < -0.4 is 10.1 Å². The van der Waals surface area contributed by atoms with Gasteiger partial charge in [-0.2, -0.15) is 0 Å². The second kappa shape index (κ2) is 8.71. The first-order chi connectivity index (χ1) is 13.1. The van der Waals surface area contributed by atoms with E-state index in [2.05, 4.69) is 12.2 Å². The molecular formula is C22H26N2O3. The number of hydrogen-bond acceptors (Lipinski definition) is 3. The standard InChI is InChI=1S/C22H26N2O3/c1-3-27-20-7-5-4-6-19(20)23-21(25)17-8-10-18(11-9-17)22(26)24-14-12-16(2)13-15-24/h4-11,16H,3,12-15H2,1-2H3,(H,23,25). The van der Waals surface area contributed by atoms with E-state index in [9.17, 15) is 9.59 Å². The molecule has 1 aliphatic heterocycles. The highest BCUT2D eigenvalue weighted by molar-refractivity contribution is 6.05. The van der Waals surface area contributed by atoms with E-state index in [0.717, 1.165) is 25.9 Å². The van der Waals surface area contributed by atoms with Crippen molar-refractivity contribution in [1.82, 2.24) is 4.90 Å². The Morgan fingerprint density at radius 3 is 2.33 bits per heavy atom. The molecule has 2 amide bonds. The lowest BCUT2D eigenvalue weighted by molar-refractivity contribution is 0.0697. The molecule has 0 aromatic heterocycles. The van der Waals surface area contributed by atoms with Crippen LogP contribution in [0, 0.1) is 5.92 Å². The maximum atomic E-state index is 12.6. The summed E-state index contributed by atoms with van der Waals surface area (Å²) in [6.45, 7) is 6.25. The molecule has 2 aromatic carbocycles. The first-order valence-electron chi connectivity index (χ1n) is 9.51. The third kappa shape index (κ3) is 4.67. The maximum absolute atomic E-state index is 12.6. The van der Waals surface area contributed by atoms with Crippen LogP contribution in [0.2, 0.25) is 0 Å². The molecule has 0 saturated carbocycles. The summed E-state index contributed by atoms with van der Waals surface area (Å²) in [7, 11) is 0. The molecule has 1 saturated heterocycles. The van der Waals surface area contributed by atoms with Gasteiger partial charge in [0.25, 0.3) is 11.8 Å². The van der Waals surface area contributed by atoms with Crippen LogP contribution in [-0.4, -0.2) is 36.4 Å². The van der Waals surface area contributed by atoms with Gasteiger partial charge in [-0.05, 0) is 62.1 Å². The third-order valence-corrected chi connectivity index (χ3v) is 4.90. The largest absolute Gasteiger partial charge is 0.492 e. The van der Waals surface area contributed by atoms with Crippen LogP contribution in [0.4, 0.5) is 5.69 Å². The fourth-order valence-corrected chi connectivity index (χ4v) is 3.20. The fourth-order valence-electron chi connectivity index (χ4n) is 3.20. The SMILES string of the molecule is CCOc1ccccc1NC(=O)c1ccc(C(=O)N2CCC(C)CC2)cc1. The quantitative estimate of drug-likeness (QED) is 0.862. The molecule has 27 heavy (non-hydrogen) atoms. The van der Waals surface area contributed by atoms with Crippen LogP contribution in [0.15, 0.2) is 48.5 Å². The second-order valence-electron chi connectivity index (χ2n) is 6.94. The molecule has 142 valence electrons. The topological polar surface area (TPSA) is 58.6 Å². The number of nitrogens with zero attached hydrogens (tertiary/aromatic N) is 1. The third-order valence-electron chi connectivity index (χ3n) is 4.90. The molecule has 5 nitrogen and oxygen atoms in total. The first kappa shape index (κ1) is 19.0. The van der Waals surface area contributed by atoms with Gasteiger partial charge in [0.05, 0.1) is 12.3 Å². The number of anilines is 1. The molecule has 0 aliphatic carbocycles. The Hall–Kier alpha value is -2.82. The normalized spacial score (nSPS) is 14.7. The van der Waals surface area contributed by atoms with Crippen molar-refractivity contribution < 1.29 is 14.3 Å². The Bertz CT molecular complexity index is 793. The van der Waals surface area contributed by atoms with Gasteiger partial charge in [0.2, 0.25) is 0 Å². The van der Waals surface area contributed by atoms with Crippen molar-refractivity contribution in [1.29, 1.82) is 0 Å². The summed E-state index contributed by atoms with van der Waals surface area (Å²) in [6.07, 6.45) is 2.09. The van der Waals surface area contributed by atoms with Gasteiger partial charge in [-0.3, -0.25) is 9.59 Å². The van der Waals surface area contributed by atoms with Crippen molar-refractivity contribution >= 4 is 17.5 Å². The summed E-state index contributed by atoms with van der Waals surface area (Å²) >= 11 is 0. The van der Waals surface area contributed by atoms with Crippen LogP contribution >= 0.6 is 0 Å². The molecule has 1 heterocycles. The van der Waals surface area contributed by atoms with Crippen molar-refractivity contribution in [2.45, 2.75) is 26.7 Å². The molecule has 0 spiro atoms. The van der Waals surface area contributed by atoms with E-state index >= 15 is 0 Å². The predicted octanol–water partition coefficient (Wildman–Crippen LogP) is 4.21. The van der Waals surface area contributed by atoms with Gasteiger partial charge >= 0.3 is 0 Å². The minimum atomic E-state index is -0.229. The molecule has 0 bridgehead atoms. The zero-order valence-electron chi connectivity index (χ0n) is 15.9. The van der Waals surface area contributed by atoms with E-state index in [0.29, 0.717) is 35.1 Å². The van der Waals surface area contributed by atoms with Crippen LogP contribution in [0.1, 0.15) is 47.4 Å². The van der Waals surface area contributed by atoms with Crippen molar-refractivity contribution in [3.63, 3.8) is 0 Å². The second-order valence-corrected chi connectivity index (χ2v) is 6.94. The number of amides is 2. The van der Waals surface area contributed by atoms with Gasteiger partial charge in [-0.25, -0.2) is 0 Å².